The number of nitrogens with one attached hydrogen (secondary N) is 2. The SMILES string of the molecule is O=C(CC1CCCO1)NNc1ccccc1. The van der Waals surface area contributed by atoms with Crippen molar-refractivity contribution in [2.45, 2.75) is 25.4 Å². The Kier molecular flexibility index (Phi) is 3.77. The molecule has 1 fully saturated rings. The van der Waals surface area contributed by atoms with E-state index in [4.69, 9.17) is 4.74 Å². The zero-order chi connectivity index (χ0) is 11.2. The second-order valence-electron chi connectivity index (χ2n) is 3.88. The molecule has 0 spiro atoms. The Bertz CT molecular complexity index is 334. The van der Waals surface area contributed by atoms with Crippen LogP contribution in [0.25, 0.3) is 0 Å². The molecule has 1 amide bonds. The fourth-order valence-electron chi connectivity index (χ4n) is 1.73. The molecule has 1 unspecified atom stereocenters. The number of hydrazine groups is 1. The lowest BCUT2D eigenvalue weighted by molar-refractivity contribution is -0.122. The van der Waals surface area contributed by atoms with Gasteiger partial charge in [0.2, 0.25) is 5.91 Å². The van der Waals surface area contributed by atoms with Gasteiger partial charge in [-0.1, -0.05) is 18.2 Å². The molecule has 0 bridgehead atoms. The first-order chi connectivity index (χ1) is 7.84. The molecule has 1 saturated heterocycles. The van der Waals surface area contributed by atoms with Crippen LogP contribution in [0.1, 0.15) is 19.3 Å². The first-order valence-electron chi connectivity index (χ1n) is 5.56. The van der Waals surface area contributed by atoms with Crippen molar-refractivity contribution in [2.24, 2.45) is 0 Å². The summed E-state index contributed by atoms with van der Waals surface area (Å²) in [6.07, 6.45) is 2.57. The third-order valence-corrected chi connectivity index (χ3v) is 2.56. The Morgan fingerprint density at radius 1 is 1.38 bits per heavy atom. The summed E-state index contributed by atoms with van der Waals surface area (Å²) in [5, 5.41) is 0. The van der Waals surface area contributed by atoms with Gasteiger partial charge < -0.3 is 4.74 Å². The van der Waals surface area contributed by atoms with Gasteiger partial charge in [0.15, 0.2) is 0 Å². The number of hydrogen-bond donors (Lipinski definition) is 2. The van der Waals surface area contributed by atoms with Crippen LogP contribution in [-0.4, -0.2) is 18.6 Å². The molecule has 1 heterocycles. The van der Waals surface area contributed by atoms with E-state index in [-0.39, 0.29) is 12.0 Å². The van der Waals surface area contributed by atoms with Crippen LogP contribution in [0.5, 0.6) is 0 Å². The lowest BCUT2D eigenvalue weighted by Crippen LogP contribution is -2.31. The zero-order valence-electron chi connectivity index (χ0n) is 9.11. The average Bonchev–Trinajstić information content (AvgIpc) is 2.81. The van der Waals surface area contributed by atoms with Crippen LogP contribution in [0.2, 0.25) is 0 Å². The molecule has 1 aliphatic rings. The fraction of sp³-hybridized carbons (Fsp3) is 0.417. The number of benzene rings is 1. The molecule has 86 valence electrons. The maximum atomic E-state index is 11.5. The zero-order valence-corrected chi connectivity index (χ0v) is 9.11. The molecule has 0 aromatic heterocycles. The van der Waals surface area contributed by atoms with Gasteiger partial charge in [0, 0.05) is 6.61 Å². The molecule has 0 aliphatic carbocycles. The predicted molar refractivity (Wildman–Crippen MR) is 61.8 cm³/mol. The second kappa shape index (κ2) is 5.51. The number of rotatable bonds is 4. The Morgan fingerprint density at radius 3 is 2.88 bits per heavy atom. The topological polar surface area (TPSA) is 50.4 Å². The van der Waals surface area contributed by atoms with E-state index in [9.17, 15) is 4.79 Å². The van der Waals surface area contributed by atoms with Gasteiger partial charge >= 0.3 is 0 Å². The van der Waals surface area contributed by atoms with Gasteiger partial charge in [0.05, 0.1) is 18.2 Å². The summed E-state index contributed by atoms with van der Waals surface area (Å²) >= 11 is 0. The first-order valence-corrected chi connectivity index (χ1v) is 5.56. The Balaban J connectivity index is 1.71. The van der Waals surface area contributed by atoms with E-state index in [0.717, 1.165) is 25.1 Å². The molecule has 16 heavy (non-hydrogen) atoms. The summed E-state index contributed by atoms with van der Waals surface area (Å²) in [6, 6.07) is 9.54. The highest BCUT2D eigenvalue weighted by Crippen LogP contribution is 2.14. The molecular formula is C12H16N2O2. The minimum absolute atomic E-state index is 0.0317. The van der Waals surface area contributed by atoms with Crippen molar-refractivity contribution in [3.05, 3.63) is 30.3 Å². The van der Waals surface area contributed by atoms with Crippen molar-refractivity contribution in [3.8, 4) is 0 Å². The van der Waals surface area contributed by atoms with Gasteiger partial charge in [0.25, 0.3) is 0 Å². The van der Waals surface area contributed by atoms with Crippen molar-refractivity contribution >= 4 is 11.6 Å². The molecule has 4 heteroatoms. The van der Waals surface area contributed by atoms with Gasteiger partial charge in [-0.05, 0) is 25.0 Å². The first kappa shape index (κ1) is 11.0. The molecule has 1 aromatic rings. The van der Waals surface area contributed by atoms with E-state index >= 15 is 0 Å². The summed E-state index contributed by atoms with van der Waals surface area (Å²) in [4.78, 5) is 11.5. The van der Waals surface area contributed by atoms with Crippen LogP contribution in [0.15, 0.2) is 30.3 Å². The van der Waals surface area contributed by atoms with Crippen LogP contribution in [-0.2, 0) is 9.53 Å². The fourth-order valence-corrected chi connectivity index (χ4v) is 1.73. The molecule has 2 N–H and O–H groups in total. The van der Waals surface area contributed by atoms with Gasteiger partial charge in [-0.25, -0.2) is 0 Å². The maximum Gasteiger partial charge on any atom is 0.240 e. The second-order valence-corrected chi connectivity index (χ2v) is 3.88. The smallest absolute Gasteiger partial charge is 0.240 e. The van der Waals surface area contributed by atoms with Crippen LogP contribution >= 0.6 is 0 Å². The third-order valence-electron chi connectivity index (χ3n) is 2.56. The highest BCUT2D eigenvalue weighted by molar-refractivity contribution is 5.77. The quantitative estimate of drug-likeness (QED) is 0.759. The number of amides is 1. The summed E-state index contributed by atoms with van der Waals surface area (Å²) < 4.78 is 5.39. The molecular weight excluding hydrogens is 204 g/mol. The van der Waals surface area contributed by atoms with Gasteiger partial charge in [0.1, 0.15) is 0 Å². The summed E-state index contributed by atoms with van der Waals surface area (Å²) in [6.45, 7) is 0.782. The molecule has 0 radical (unpaired) electrons. The summed E-state index contributed by atoms with van der Waals surface area (Å²) in [5.74, 6) is -0.0317. The molecule has 1 atom stereocenters. The Morgan fingerprint density at radius 2 is 2.19 bits per heavy atom. The maximum absolute atomic E-state index is 11.5. The highest BCUT2D eigenvalue weighted by atomic mass is 16.5. The largest absolute Gasteiger partial charge is 0.378 e. The van der Waals surface area contributed by atoms with Crippen molar-refractivity contribution in [1.29, 1.82) is 0 Å². The van der Waals surface area contributed by atoms with Crippen molar-refractivity contribution in [3.63, 3.8) is 0 Å². The van der Waals surface area contributed by atoms with Crippen LogP contribution < -0.4 is 10.9 Å². The number of carbonyl (C=O) groups excluding carboxylic acids is 1. The number of hydrogen-bond acceptors (Lipinski definition) is 3. The van der Waals surface area contributed by atoms with E-state index in [1.165, 1.54) is 0 Å². The average molecular weight is 220 g/mol. The van der Waals surface area contributed by atoms with Crippen LogP contribution in [0, 0.1) is 0 Å². The van der Waals surface area contributed by atoms with Crippen LogP contribution in [0.3, 0.4) is 0 Å². The van der Waals surface area contributed by atoms with E-state index in [2.05, 4.69) is 10.9 Å². The normalized spacial score (nSPS) is 19.4. The van der Waals surface area contributed by atoms with E-state index in [1.807, 2.05) is 30.3 Å². The van der Waals surface area contributed by atoms with Crippen LogP contribution in [0.4, 0.5) is 5.69 Å². The van der Waals surface area contributed by atoms with Crippen molar-refractivity contribution in [2.75, 3.05) is 12.0 Å². The number of para-hydroxylation sites is 1. The molecule has 4 nitrogen and oxygen atoms in total. The molecule has 0 saturated carbocycles. The van der Waals surface area contributed by atoms with E-state index in [1.54, 1.807) is 0 Å². The molecule has 1 aliphatic heterocycles. The Hall–Kier alpha value is -1.55. The summed E-state index contributed by atoms with van der Waals surface area (Å²) in [5.41, 5.74) is 6.40. The number of anilines is 1. The predicted octanol–water partition coefficient (Wildman–Crippen LogP) is 1.70. The lowest BCUT2D eigenvalue weighted by Gasteiger charge is -2.11. The van der Waals surface area contributed by atoms with E-state index in [0.29, 0.717) is 6.42 Å². The minimum atomic E-state index is -0.0317. The highest BCUT2D eigenvalue weighted by Gasteiger charge is 2.18. The standard InChI is InChI=1S/C12H16N2O2/c15-12(9-11-7-4-8-16-11)14-13-10-5-2-1-3-6-10/h1-3,5-6,11,13H,4,7-9H2,(H,14,15). The Labute approximate surface area is 95.0 Å². The molecule has 1 aromatic carbocycles. The lowest BCUT2D eigenvalue weighted by atomic mass is 10.2. The third kappa shape index (κ3) is 3.24. The summed E-state index contributed by atoms with van der Waals surface area (Å²) in [7, 11) is 0. The number of ether oxygens (including phenoxy) is 1. The van der Waals surface area contributed by atoms with Gasteiger partial charge in [-0.15, -0.1) is 0 Å². The number of carbonyl (C=O) groups is 1. The van der Waals surface area contributed by atoms with Gasteiger partial charge in [-0.2, -0.15) is 0 Å². The van der Waals surface area contributed by atoms with E-state index < -0.39 is 0 Å². The van der Waals surface area contributed by atoms with Crippen molar-refractivity contribution < 1.29 is 9.53 Å². The van der Waals surface area contributed by atoms with Crippen molar-refractivity contribution in [1.82, 2.24) is 5.43 Å². The van der Waals surface area contributed by atoms with Gasteiger partial charge in [-0.3, -0.25) is 15.6 Å². The molecule has 2 rings (SSSR count). The monoisotopic (exact) mass is 220 g/mol. The minimum Gasteiger partial charge on any atom is -0.378 e.